The van der Waals surface area contributed by atoms with Crippen LogP contribution in [0.15, 0.2) is 61.2 Å². The van der Waals surface area contributed by atoms with Gasteiger partial charge in [0.05, 0.1) is 5.56 Å². The quantitative estimate of drug-likeness (QED) is 0.606. The van der Waals surface area contributed by atoms with Crippen molar-refractivity contribution in [2.75, 3.05) is 0 Å². The molecule has 0 atom stereocenters. The first-order valence-corrected chi connectivity index (χ1v) is 5.46. The van der Waals surface area contributed by atoms with E-state index in [1.54, 1.807) is 48.5 Å². The van der Waals surface area contributed by atoms with E-state index >= 15 is 0 Å². The first-order valence-electron chi connectivity index (χ1n) is 5.46. The molecule has 90 valence electrons. The number of carbonyl (C=O) groups excluding carboxylic acids is 1. The molecule has 0 aliphatic rings. The molecule has 3 nitrogen and oxygen atoms in total. The van der Waals surface area contributed by atoms with Gasteiger partial charge in [-0.25, -0.2) is 9.68 Å². The maximum absolute atomic E-state index is 11.6. The largest absolute Gasteiger partial charge is 0.386 e. The Morgan fingerprint density at radius 1 is 1.06 bits per heavy atom. The maximum atomic E-state index is 11.6. The monoisotopic (exact) mass is 240 g/mol. The van der Waals surface area contributed by atoms with Crippen molar-refractivity contribution in [2.24, 2.45) is 0 Å². The van der Waals surface area contributed by atoms with Crippen LogP contribution in [0.1, 0.15) is 15.9 Å². The molecule has 2 aromatic rings. The molecular weight excluding hydrogens is 228 g/mol. The summed E-state index contributed by atoms with van der Waals surface area (Å²) >= 11 is 0. The van der Waals surface area contributed by atoms with E-state index in [0.29, 0.717) is 11.3 Å². The molecule has 0 saturated carbocycles. The van der Waals surface area contributed by atoms with E-state index in [0.717, 1.165) is 5.56 Å². The Kier molecular flexibility index (Phi) is 3.76. The zero-order chi connectivity index (χ0) is 12.8. The van der Waals surface area contributed by atoms with Crippen molar-refractivity contribution in [3.8, 4) is 5.75 Å². The van der Waals surface area contributed by atoms with E-state index in [1.165, 1.54) is 0 Å². The zero-order valence-corrected chi connectivity index (χ0v) is 9.71. The molecule has 0 heterocycles. The topological polar surface area (TPSA) is 35.5 Å². The first-order chi connectivity index (χ1) is 8.79. The van der Waals surface area contributed by atoms with Crippen LogP contribution in [0.25, 0.3) is 6.08 Å². The van der Waals surface area contributed by atoms with Gasteiger partial charge in [-0.2, -0.15) is 0 Å². The van der Waals surface area contributed by atoms with Gasteiger partial charge in [-0.05, 0) is 29.8 Å². The van der Waals surface area contributed by atoms with E-state index in [-0.39, 0.29) is 0 Å². The molecule has 0 N–H and O–H groups in total. The molecule has 0 saturated heterocycles. The highest BCUT2D eigenvalue weighted by molar-refractivity contribution is 5.88. The average Bonchev–Trinajstić information content (AvgIpc) is 2.46. The predicted molar refractivity (Wildman–Crippen MR) is 69.0 cm³/mol. The minimum atomic E-state index is -0.528. The molecule has 3 heteroatoms. The lowest BCUT2D eigenvalue weighted by Crippen LogP contribution is -2.08. The van der Waals surface area contributed by atoms with Gasteiger partial charge in [-0.1, -0.05) is 43.0 Å². The Labute approximate surface area is 105 Å². The van der Waals surface area contributed by atoms with Crippen molar-refractivity contribution < 1.29 is 14.6 Å². The molecule has 18 heavy (non-hydrogen) atoms. The van der Waals surface area contributed by atoms with E-state index in [2.05, 4.69) is 6.58 Å². The van der Waals surface area contributed by atoms with Gasteiger partial charge in [0, 0.05) is 0 Å². The average molecular weight is 240 g/mol. The van der Waals surface area contributed by atoms with Crippen LogP contribution in [0.2, 0.25) is 0 Å². The molecule has 2 rings (SSSR count). The second kappa shape index (κ2) is 5.68. The van der Waals surface area contributed by atoms with Crippen LogP contribution < -0.4 is 4.89 Å². The molecule has 0 radical (unpaired) electrons. The van der Waals surface area contributed by atoms with Crippen molar-refractivity contribution >= 4 is 12.0 Å². The summed E-state index contributed by atoms with van der Waals surface area (Å²) in [5.74, 6) is -0.0729. The minimum Gasteiger partial charge on any atom is -0.287 e. The lowest BCUT2D eigenvalue weighted by molar-refractivity contribution is -0.149. The van der Waals surface area contributed by atoms with Crippen LogP contribution in [0.3, 0.4) is 0 Å². The van der Waals surface area contributed by atoms with Crippen LogP contribution in [0, 0.1) is 0 Å². The van der Waals surface area contributed by atoms with Crippen molar-refractivity contribution in [3.05, 3.63) is 72.3 Å². The lowest BCUT2D eigenvalue weighted by Gasteiger charge is -2.04. The molecular formula is C15H12O3. The normalized spacial score (nSPS) is 9.56. The van der Waals surface area contributed by atoms with Gasteiger partial charge in [0.2, 0.25) is 0 Å². The van der Waals surface area contributed by atoms with Gasteiger partial charge in [0.1, 0.15) is 0 Å². The molecule has 0 bridgehead atoms. The highest BCUT2D eigenvalue weighted by Gasteiger charge is 2.08. The van der Waals surface area contributed by atoms with E-state index in [9.17, 15) is 4.79 Å². The van der Waals surface area contributed by atoms with Crippen molar-refractivity contribution in [1.82, 2.24) is 0 Å². The predicted octanol–water partition coefficient (Wildman–Crippen LogP) is 3.48. The standard InChI is InChI=1S/C15H12O3/c1-2-12-7-6-10-14(11-12)17-18-15(16)13-8-4-3-5-9-13/h2-11H,1H2. The van der Waals surface area contributed by atoms with Crippen LogP contribution in [-0.4, -0.2) is 5.97 Å². The number of hydrogen-bond donors (Lipinski definition) is 0. The summed E-state index contributed by atoms with van der Waals surface area (Å²) in [5, 5.41) is 0. The fourth-order valence-corrected chi connectivity index (χ4v) is 1.40. The molecule has 2 aromatic carbocycles. The summed E-state index contributed by atoms with van der Waals surface area (Å²) in [6, 6.07) is 15.8. The smallest absolute Gasteiger partial charge is 0.287 e. The lowest BCUT2D eigenvalue weighted by atomic mass is 10.2. The summed E-state index contributed by atoms with van der Waals surface area (Å²) in [6.07, 6.45) is 1.69. The van der Waals surface area contributed by atoms with Gasteiger partial charge in [-0.15, -0.1) is 0 Å². The fraction of sp³-hybridized carbons (Fsp3) is 0. The summed E-state index contributed by atoms with van der Waals surface area (Å²) in [6.45, 7) is 3.65. The molecule has 0 aromatic heterocycles. The second-order valence-corrected chi connectivity index (χ2v) is 3.60. The van der Waals surface area contributed by atoms with Crippen molar-refractivity contribution in [1.29, 1.82) is 0 Å². The van der Waals surface area contributed by atoms with Gasteiger partial charge in [0.15, 0.2) is 5.75 Å². The summed E-state index contributed by atoms with van der Waals surface area (Å²) in [7, 11) is 0. The Morgan fingerprint density at radius 3 is 2.56 bits per heavy atom. The molecule has 0 aliphatic heterocycles. The molecule has 0 fully saturated rings. The third kappa shape index (κ3) is 2.98. The van der Waals surface area contributed by atoms with Gasteiger partial charge in [-0.3, -0.25) is 4.89 Å². The number of benzene rings is 2. The Bertz CT molecular complexity index is 547. The summed E-state index contributed by atoms with van der Waals surface area (Å²) in [4.78, 5) is 21.3. The summed E-state index contributed by atoms with van der Waals surface area (Å²) in [5.41, 5.74) is 1.33. The second-order valence-electron chi connectivity index (χ2n) is 3.60. The SMILES string of the molecule is C=Cc1cccc(OOC(=O)c2ccccc2)c1. The number of hydrogen-bond acceptors (Lipinski definition) is 3. The zero-order valence-electron chi connectivity index (χ0n) is 9.71. The third-order valence-electron chi connectivity index (χ3n) is 2.32. The summed E-state index contributed by atoms with van der Waals surface area (Å²) < 4.78 is 0. The van der Waals surface area contributed by atoms with Gasteiger partial charge >= 0.3 is 5.97 Å². The van der Waals surface area contributed by atoms with Gasteiger partial charge < -0.3 is 0 Å². The van der Waals surface area contributed by atoms with Crippen LogP contribution in [-0.2, 0) is 4.89 Å². The highest BCUT2D eigenvalue weighted by Crippen LogP contribution is 2.15. The molecule has 0 amide bonds. The van der Waals surface area contributed by atoms with E-state index in [4.69, 9.17) is 9.78 Å². The Hall–Kier alpha value is -2.55. The van der Waals surface area contributed by atoms with Crippen molar-refractivity contribution in [2.45, 2.75) is 0 Å². The molecule has 0 aliphatic carbocycles. The van der Waals surface area contributed by atoms with Gasteiger partial charge in [0.25, 0.3) is 0 Å². The number of rotatable bonds is 4. The minimum absolute atomic E-state index is 0.442. The first kappa shape index (κ1) is 11.9. The molecule has 0 unspecified atom stereocenters. The van der Waals surface area contributed by atoms with E-state index in [1.807, 2.05) is 12.1 Å². The van der Waals surface area contributed by atoms with Crippen LogP contribution in [0.4, 0.5) is 0 Å². The Morgan fingerprint density at radius 2 is 1.83 bits per heavy atom. The van der Waals surface area contributed by atoms with Crippen LogP contribution >= 0.6 is 0 Å². The highest BCUT2D eigenvalue weighted by atomic mass is 17.2. The fourth-order valence-electron chi connectivity index (χ4n) is 1.40. The maximum Gasteiger partial charge on any atom is 0.386 e. The third-order valence-corrected chi connectivity index (χ3v) is 2.32. The van der Waals surface area contributed by atoms with E-state index < -0.39 is 5.97 Å². The van der Waals surface area contributed by atoms with Crippen LogP contribution in [0.5, 0.6) is 5.75 Å². The molecule has 0 spiro atoms. The number of carbonyl (C=O) groups is 1. The van der Waals surface area contributed by atoms with Crippen molar-refractivity contribution in [3.63, 3.8) is 0 Å². The Balaban J connectivity index is 1.99.